The molecule has 56 heavy (non-hydrogen) atoms. The number of nitrogens with zero attached hydrogens (tertiary/aromatic N) is 2. The van der Waals surface area contributed by atoms with Crippen molar-refractivity contribution < 1.29 is 30.2 Å². The summed E-state index contributed by atoms with van der Waals surface area (Å²) in [5, 5.41) is 8.39. The van der Waals surface area contributed by atoms with Crippen molar-refractivity contribution in [1.82, 2.24) is 4.98 Å². The van der Waals surface area contributed by atoms with Crippen molar-refractivity contribution in [3.05, 3.63) is 236 Å². The third-order valence-electron chi connectivity index (χ3n) is 8.20. The van der Waals surface area contributed by atoms with Gasteiger partial charge in [-0.1, -0.05) is 194 Å². The second-order valence-electron chi connectivity index (χ2n) is 12.0. The topological polar surface area (TPSA) is 26.5 Å². The first-order valence-corrected chi connectivity index (χ1v) is 20.3. The maximum absolute atomic E-state index is 12.3. The predicted octanol–water partition coefficient (Wildman–Crippen LogP) is 10.3. The minimum absolute atomic E-state index is 0. The zero-order chi connectivity index (χ0) is 38.1. The molecular formula is C48H38CuF3N2P2. The van der Waals surface area contributed by atoms with Crippen LogP contribution in [-0.2, 0) is 23.2 Å². The Bertz CT molecular complexity index is 1970. The largest absolute Gasteiger partial charge is 1.00 e. The van der Waals surface area contributed by atoms with Gasteiger partial charge in [-0.3, -0.25) is 4.99 Å². The van der Waals surface area contributed by atoms with Gasteiger partial charge < -0.3 is 4.98 Å². The average Bonchev–Trinajstić information content (AvgIpc) is 3.77. The van der Waals surface area contributed by atoms with Gasteiger partial charge in [0.05, 0.1) is 11.3 Å². The van der Waals surface area contributed by atoms with E-state index < -0.39 is 27.6 Å². The molecule has 0 fully saturated rings. The van der Waals surface area contributed by atoms with Crippen molar-refractivity contribution >= 4 is 59.6 Å². The minimum Gasteiger partial charge on any atom is -0.663 e. The minimum atomic E-state index is -4.31. The molecule has 0 aliphatic heterocycles. The van der Waals surface area contributed by atoms with Crippen LogP contribution in [0.4, 0.5) is 18.9 Å². The Hall–Kier alpha value is -5.34. The van der Waals surface area contributed by atoms with Crippen molar-refractivity contribution in [2.75, 3.05) is 0 Å². The summed E-state index contributed by atoms with van der Waals surface area (Å²) in [5.74, 6) is 0. The molecule has 0 saturated carbocycles. The molecule has 0 spiro atoms. The first kappa shape index (κ1) is 41.8. The number of aromatic nitrogens is 1. The molecule has 0 N–H and O–H groups in total. The van der Waals surface area contributed by atoms with Gasteiger partial charge in [-0.25, -0.2) is 0 Å². The van der Waals surface area contributed by atoms with E-state index in [9.17, 15) is 13.2 Å². The molecule has 282 valence electrons. The summed E-state index contributed by atoms with van der Waals surface area (Å²) in [6.07, 6.45) is -1.19. The van der Waals surface area contributed by atoms with Crippen LogP contribution >= 0.6 is 15.8 Å². The molecule has 8 heteroatoms. The van der Waals surface area contributed by atoms with Gasteiger partial charge in [0.2, 0.25) is 0 Å². The number of rotatable bonds is 8. The number of hydrogen-bond donors (Lipinski definition) is 0. The van der Waals surface area contributed by atoms with Crippen LogP contribution in [0.5, 0.6) is 0 Å². The van der Waals surface area contributed by atoms with Crippen LogP contribution in [0.3, 0.4) is 0 Å². The zero-order valence-corrected chi connectivity index (χ0v) is 32.9. The standard InChI is InChI=1S/2C18H15P.C12H8F3N2.Cu/c2*1-4-10-16(11-5-1)19(17-12-6-2-7-13-17)18-14-8-3-9-15-18;13-12(14,15)9-3-5-10(6-4-9)17-8-11-2-1-7-16-11;/h2*1-15H;1-8H;/q;;-1;+1. The van der Waals surface area contributed by atoms with Gasteiger partial charge in [-0.15, -0.1) is 5.69 Å². The fourth-order valence-corrected chi connectivity index (χ4v) is 10.2. The Kier molecular flexibility index (Phi) is 16.2. The molecule has 0 aliphatic carbocycles. The summed E-state index contributed by atoms with van der Waals surface area (Å²) in [4.78, 5) is 7.98. The molecule has 0 radical (unpaired) electrons. The summed E-state index contributed by atoms with van der Waals surface area (Å²) in [5.41, 5.74) is 0.453. The van der Waals surface area contributed by atoms with Crippen molar-refractivity contribution in [3.63, 3.8) is 0 Å². The third-order valence-corrected chi connectivity index (χ3v) is 13.1. The quantitative estimate of drug-likeness (QED) is 0.0852. The molecular weight excluding hydrogens is 787 g/mol. The van der Waals surface area contributed by atoms with E-state index in [1.54, 1.807) is 18.3 Å². The number of hydrogen-bond acceptors (Lipinski definition) is 1. The number of halogens is 3. The molecule has 1 heterocycles. The smallest absolute Gasteiger partial charge is 0.663 e. The van der Waals surface area contributed by atoms with Crippen molar-refractivity contribution in [3.8, 4) is 0 Å². The van der Waals surface area contributed by atoms with Gasteiger partial charge in [0.15, 0.2) is 0 Å². The Morgan fingerprint density at radius 2 is 0.696 bits per heavy atom. The molecule has 2 nitrogen and oxygen atoms in total. The third kappa shape index (κ3) is 12.3. The molecule has 7 aromatic carbocycles. The van der Waals surface area contributed by atoms with Crippen LogP contribution in [0.1, 0.15) is 11.3 Å². The Labute approximate surface area is 340 Å². The summed E-state index contributed by atoms with van der Waals surface area (Å²) >= 11 is 0. The summed E-state index contributed by atoms with van der Waals surface area (Å²) in [6.45, 7) is 0. The van der Waals surface area contributed by atoms with Crippen LogP contribution in [-0.4, -0.2) is 6.21 Å². The van der Waals surface area contributed by atoms with Crippen LogP contribution in [0, 0.1) is 0 Å². The molecule has 8 aromatic rings. The van der Waals surface area contributed by atoms with Gasteiger partial charge in [0, 0.05) is 6.21 Å². The molecule has 8 rings (SSSR count). The van der Waals surface area contributed by atoms with E-state index in [1.165, 1.54) is 50.2 Å². The number of aliphatic imine (C=N–C) groups is 1. The van der Waals surface area contributed by atoms with Crippen LogP contribution < -0.4 is 36.8 Å². The maximum atomic E-state index is 12.3. The van der Waals surface area contributed by atoms with Crippen LogP contribution in [0.15, 0.2) is 230 Å². The SMILES string of the molecule is FC(F)(F)c1ccc(N=Cc2ccc[n-]2)cc1.[Cu+].c1ccc(P(c2ccccc2)c2ccccc2)cc1.c1ccc(P(c2ccccc2)c2ccccc2)cc1. The normalized spacial score (nSPS) is 10.9. The van der Waals surface area contributed by atoms with E-state index in [2.05, 4.69) is 192 Å². The Morgan fingerprint density at radius 3 is 0.946 bits per heavy atom. The predicted molar refractivity (Wildman–Crippen MR) is 229 cm³/mol. The van der Waals surface area contributed by atoms with Crippen LogP contribution in [0.2, 0.25) is 0 Å². The van der Waals surface area contributed by atoms with Crippen molar-refractivity contribution in [2.24, 2.45) is 4.99 Å². The average molecular weight is 825 g/mol. The van der Waals surface area contributed by atoms with E-state index >= 15 is 0 Å². The van der Waals surface area contributed by atoms with Gasteiger partial charge in [-0.05, 0) is 71.9 Å². The molecule has 0 unspecified atom stereocenters. The Balaban J connectivity index is 0.000000160. The van der Waals surface area contributed by atoms with E-state index in [1.807, 2.05) is 0 Å². The fraction of sp³-hybridized carbons (Fsp3) is 0.0208. The molecule has 0 saturated heterocycles. The zero-order valence-electron chi connectivity index (χ0n) is 30.2. The summed E-state index contributed by atoms with van der Waals surface area (Å²) < 4.78 is 36.8. The second-order valence-corrected chi connectivity index (χ2v) is 16.5. The van der Waals surface area contributed by atoms with Gasteiger partial charge in [0.1, 0.15) is 0 Å². The molecule has 1 aromatic heterocycles. The van der Waals surface area contributed by atoms with E-state index in [-0.39, 0.29) is 17.1 Å². The first-order chi connectivity index (χ1) is 27.0. The number of benzene rings is 7. The second kappa shape index (κ2) is 21.7. The van der Waals surface area contributed by atoms with Gasteiger partial charge >= 0.3 is 23.2 Å². The fourth-order valence-electron chi connectivity index (χ4n) is 5.62. The molecule has 0 aliphatic rings. The first-order valence-electron chi connectivity index (χ1n) is 17.7. The molecule has 0 bridgehead atoms. The molecule has 0 atom stereocenters. The van der Waals surface area contributed by atoms with Gasteiger partial charge in [0.25, 0.3) is 0 Å². The van der Waals surface area contributed by atoms with E-state index in [0.717, 1.165) is 12.1 Å². The summed E-state index contributed by atoms with van der Waals surface area (Å²) in [6, 6.07) is 72.8. The monoisotopic (exact) mass is 824 g/mol. The summed E-state index contributed by atoms with van der Waals surface area (Å²) in [7, 11) is -0.892. The molecule has 0 amide bonds. The van der Waals surface area contributed by atoms with Crippen molar-refractivity contribution in [1.29, 1.82) is 0 Å². The maximum Gasteiger partial charge on any atom is 1.00 e. The van der Waals surface area contributed by atoms with Gasteiger partial charge in [-0.2, -0.15) is 19.4 Å². The number of alkyl halides is 3. The van der Waals surface area contributed by atoms with E-state index in [4.69, 9.17) is 0 Å². The van der Waals surface area contributed by atoms with Crippen molar-refractivity contribution in [2.45, 2.75) is 6.18 Å². The van der Waals surface area contributed by atoms with Crippen LogP contribution in [0.25, 0.3) is 0 Å². The Morgan fingerprint density at radius 1 is 0.393 bits per heavy atom. The van der Waals surface area contributed by atoms with E-state index in [0.29, 0.717) is 11.4 Å².